The van der Waals surface area contributed by atoms with Gasteiger partial charge in [0.15, 0.2) is 0 Å². The van der Waals surface area contributed by atoms with Gasteiger partial charge in [-0.15, -0.1) is 0 Å². The lowest BCUT2D eigenvalue weighted by Crippen LogP contribution is -2.44. The van der Waals surface area contributed by atoms with Crippen molar-refractivity contribution >= 4 is 23.2 Å². The summed E-state index contributed by atoms with van der Waals surface area (Å²) in [5.74, 6) is 0.555. The lowest BCUT2D eigenvalue weighted by molar-refractivity contribution is -0.134. The number of nitrogens with zero attached hydrogens (tertiary/aromatic N) is 3. The average Bonchev–Trinajstić information content (AvgIpc) is 2.71. The van der Waals surface area contributed by atoms with Crippen LogP contribution in [-0.4, -0.2) is 81.1 Å². The first-order valence-corrected chi connectivity index (χ1v) is 10.2. The number of hydrogen-bond acceptors (Lipinski definition) is 5. The van der Waals surface area contributed by atoms with E-state index < -0.39 is 0 Å². The molecule has 2 amide bonds. The minimum absolute atomic E-state index is 0.00707. The van der Waals surface area contributed by atoms with Crippen LogP contribution in [0.5, 0.6) is 0 Å². The van der Waals surface area contributed by atoms with Crippen LogP contribution in [0.4, 0.5) is 11.4 Å². The second kappa shape index (κ2) is 9.89. The van der Waals surface area contributed by atoms with Crippen molar-refractivity contribution in [2.24, 2.45) is 5.92 Å². The Morgan fingerprint density at radius 3 is 2.39 bits per heavy atom. The van der Waals surface area contributed by atoms with E-state index in [1.807, 2.05) is 24.3 Å². The van der Waals surface area contributed by atoms with Gasteiger partial charge in [-0.2, -0.15) is 0 Å². The Morgan fingerprint density at radius 1 is 1.11 bits per heavy atom. The maximum atomic E-state index is 12.4. The smallest absolute Gasteiger partial charge is 0.243 e. The van der Waals surface area contributed by atoms with Gasteiger partial charge in [-0.25, -0.2) is 0 Å². The summed E-state index contributed by atoms with van der Waals surface area (Å²) in [6.07, 6.45) is 2.27. The summed E-state index contributed by atoms with van der Waals surface area (Å²) in [5, 5.41) is 2.88. The Kier molecular flexibility index (Phi) is 7.28. The Hall–Kier alpha value is -2.12. The van der Waals surface area contributed by atoms with Crippen molar-refractivity contribution in [3.05, 3.63) is 24.3 Å². The number of nitrogens with one attached hydrogen (secondary N) is 1. The number of benzene rings is 1. The van der Waals surface area contributed by atoms with E-state index in [0.717, 1.165) is 69.5 Å². The van der Waals surface area contributed by atoms with E-state index in [0.29, 0.717) is 6.54 Å². The summed E-state index contributed by atoms with van der Waals surface area (Å²) in [5.41, 5.74) is 1.87. The van der Waals surface area contributed by atoms with Gasteiger partial charge in [0, 0.05) is 31.5 Å². The molecule has 2 saturated heterocycles. The molecule has 3 rings (SSSR count). The number of rotatable bonds is 6. The molecule has 0 atom stereocenters. The SMILES string of the molecule is CC1CCN(CC(=O)N(C)CC(=O)Nc2ccc(N3CCOCC3)cc2)CC1. The number of likely N-dealkylation sites (tertiary alicyclic amines) is 1. The molecule has 7 heteroatoms. The number of anilines is 2. The summed E-state index contributed by atoms with van der Waals surface area (Å²) in [4.78, 5) is 30.7. The molecule has 28 heavy (non-hydrogen) atoms. The fourth-order valence-corrected chi connectivity index (χ4v) is 3.61. The molecule has 0 spiro atoms. The van der Waals surface area contributed by atoms with Crippen LogP contribution in [0, 0.1) is 5.92 Å². The largest absolute Gasteiger partial charge is 0.378 e. The second-order valence-electron chi connectivity index (χ2n) is 7.90. The molecule has 2 aliphatic heterocycles. The number of ether oxygens (including phenoxy) is 1. The van der Waals surface area contributed by atoms with Crippen LogP contribution in [0.25, 0.3) is 0 Å². The molecule has 7 nitrogen and oxygen atoms in total. The minimum Gasteiger partial charge on any atom is -0.378 e. The van der Waals surface area contributed by atoms with Gasteiger partial charge < -0.3 is 19.9 Å². The number of carbonyl (C=O) groups excluding carboxylic acids is 2. The quantitative estimate of drug-likeness (QED) is 0.803. The third kappa shape index (κ3) is 5.94. The van der Waals surface area contributed by atoms with Gasteiger partial charge in [-0.05, 0) is 56.1 Å². The zero-order chi connectivity index (χ0) is 19.9. The molecule has 2 fully saturated rings. The number of piperidine rings is 1. The third-order valence-electron chi connectivity index (χ3n) is 5.57. The molecule has 0 aromatic heterocycles. The molecule has 2 aliphatic rings. The van der Waals surface area contributed by atoms with E-state index in [9.17, 15) is 9.59 Å². The fourth-order valence-electron chi connectivity index (χ4n) is 3.61. The first-order valence-electron chi connectivity index (χ1n) is 10.2. The van der Waals surface area contributed by atoms with E-state index in [-0.39, 0.29) is 18.4 Å². The predicted molar refractivity (Wildman–Crippen MR) is 111 cm³/mol. The summed E-state index contributed by atoms with van der Waals surface area (Å²) >= 11 is 0. The molecule has 1 aromatic carbocycles. The van der Waals surface area contributed by atoms with Crippen LogP contribution >= 0.6 is 0 Å². The Balaban J connectivity index is 1.43. The molecule has 154 valence electrons. The lowest BCUT2D eigenvalue weighted by Gasteiger charge is -2.30. The minimum atomic E-state index is -0.178. The monoisotopic (exact) mass is 388 g/mol. The summed E-state index contributed by atoms with van der Waals surface area (Å²) in [7, 11) is 1.69. The van der Waals surface area contributed by atoms with Crippen LogP contribution in [0.3, 0.4) is 0 Å². The van der Waals surface area contributed by atoms with Gasteiger partial charge in [-0.1, -0.05) is 6.92 Å². The van der Waals surface area contributed by atoms with Crippen molar-refractivity contribution in [1.82, 2.24) is 9.80 Å². The maximum absolute atomic E-state index is 12.4. The first kappa shape index (κ1) is 20.6. The van der Waals surface area contributed by atoms with Crippen molar-refractivity contribution in [2.45, 2.75) is 19.8 Å². The first-order chi connectivity index (χ1) is 13.5. The Labute approximate surface area is 167 Å². The molecular weight excluding hydrogens is 356 g/mol. The zero-order valence-electron chi connectivity index (χ0n) is 17.0. The van der Waals surface area contributed by atoms with Crippen molar-refractivity contribution < 1.29 is 14.3 Å². The standard InChI is InChI=1S/C21H32N4O3/c1-17-7-9-24(10-8-17)16-21(27)23(2)15-20(26)22-18-3-5-19(6-4-18)25-11-13-28-14-12-25/h3-6,17H,7-16H2,1-2H3,(H,22,26). The topological polar surface area (TPSA) is 65.1 Å². The Morgan fingerprint density at radius 2 is 1.75 bits per heavy atom. The molecule has 0 bridgehead atoms. The lowest BCUT2D eigenvalue weighted by atomic mass is 9.99. The second-order valence-corrected chi connectivity index (χ2v) is 7.90. The van der Waals surface area contributed by atoms with Crippen LogP contribution in [0.2, 0.25) is 0 Å². The van der Waals surface area contributed by atoms with E-state index in [1.54, 1.807) is 7.05 Å². The fraction of sp³-hybridized carbons (Fsp3) is 0.619. The van der Waals surface area contributed by atoms with Gasteiger partial charge in [0.2, 0.25) is 11.8 Å². The number of amides is 2. The van der Waals surface area contributed by atoms with E-state index in [4.69, 9.17) is 4.74 Å². The van der Waals surface area contributed by atoms with Gasteiger partial charge in [0.1, 0.15) is 0 Å². The van der Waals surface area contributed by atoms with E-state index in [1.165, 1.54) is 4.90 Å². The third-order valence-corrected chi connectivity index (χ3v) is 5.57. The number of likely N-dealkylation sites (N-methyl/N-ethyl adjacent to an activating group) is 1. The highest BCUT2D eigenvalue weighted by molar-refractivity contribution is 5.94. The van der Waals surface area contributed by atoms with Crippen molar-refractivity contribution in [3.63, 3.8) is 0 Å². The van der Waals surface area contributed by atoms with Crippen LogP contribution in [0.1, 0.15) is 19.8 Å². The zero-order valence-corrected chi connectivity index (χ0v) is 17.0. The normalized spacial score (nSPS) is 18.7. The van der Waals surface area contributed by atoms with E-state index >= 15 is 0 Å². The van der Waals surface area contributed by atoms with Crippen LogP contribution in [0.15, 0.2) is 24.3 Å². The Bertz CT molecular complexity index is 650. The predicted octanol–water partition coefficient (Wildman–Crippen LogP) is 1.65. The van der Waals surface area contributed by atoms with Crippen molar-refractivity contribution in [3.8, 4) is 0 Å². The van der Waals surface area contributed by atoms with Crippen molar-refractivity contribution in [1.29, 1.82) is 0 Å². The highest BCUT2D eigenvalue weighted by atomic mass is 16.5. The van der Waals surface area contributed by atoms with Gasteiger partial charge in [-0.3, -0.25) is 14.5 Å². The molecule has 0 radical (unpaired) electrons. The van der Waals surface area contributed by atoms with Gasteiger partial charge in [0.25, 0.3) is 0 Å². The number of carbonyl (C=O) groups is 2. The van der Waals surface area contributed by atoms with Crippen molar-refractivity contribution in [2.75, 3.05) is 69.7 Å². The van der Waals surface area contributed by atoms with Gasteiger partial charge in [0.05, 0.1) is 26.3 Å². The van der Waals surface area contributed by atoms with Gasteiger partial charge >= 0.3 is 0 Å². The number of morpholine rings is 1. The molecular formula is C21H32N4O3. The molecule has 1 aromatic rings. The average molecular weight is 389 g/mol. The maximum Gasteiger partial charge on any atom is 0.243 e. The summed E-state index contributed by atoms with van der Waals surface area (Å²) in [6.45, 7) is 7.89. The summed E-state index contributed by atoms with van der Waals surface area (Å²) < 4.78 is 5.37. The molecule has 1 N–H and O–H groups in total. The van der Waals surface area contributed by atoms with Crippen LogP contribution in [-0.2, 0) is 14.3 Å². The highest BCUT2D eigenvalue weighted by Crippen LogP contribution is 2.19. The molecule has 0 unspecified atom stereocenters. The number of hydrogen-bond donors (Lipinski definition) is 1. The molecule has 2 heterocycles. The highest BCUT2D eigenvalue weighted by Gasteiger charge is 2.20. The summed E-state index contributed by atoms with van der Waals surface area (Å²) in [6, 6.07) is 7.82. The molecule has 0 saturated carbocycles. The van der Waals surface area contributed by atoms with Crippen LogP contribution < -0.4 is 10.2 Å². The van der Waals surface area contributed by atoms with E-state index in [2.05, 4.69) is 22.0 Å². The molecule has 0 aliphatic carbocycles.